The molecule has 1 aromatic carbocycles. The highest BCUT2D eigenvalue weighted by Crippen LogP contribution is 2.05. The lowest BCUT2D eigenvalue weighted by Crippen LogP contribution is -1.97. The van der Waals surface area contributed by atoms with Gasteiger partial charge in [-0.25, -0.2) is 0 Å². The van der Waals surface area contributed by atoms with Crippen LogP contribution < -0.4 is 4.40 Å². The Labute approximate surface area is 69.2 Å². The average Bonchev–Trinajstić information content (AvgIpc) is 2.58. The predicted molar refractivity (Wildman–Crippen MR) is 48.8 cm³/mol. The van der Waals surface area contributed by atoms with Crippen LogP contribution in [-0.2, 0) is 0 Å². The fraction of sp³-hybridized carbons (Fsp3) is 0. The van der Waals surface area contributed by atoms with Crippen molar-refractivity contribution in [3.8, 4) is 0 Å². The second-order valence-corrected chi connectivity index (χ2v) is 2.73. The summed E-state index contributed by atoms with van der Waals surface area (Å²) in [6.45, 7) is 0. The SMILES string of the molecule is C1=NC(c2ccccc2)=[N+]S1. The molecule has 0 N–H and O–H groups in total. The van der Waals surface area contributed by atoms with Crippen LogP contribution in [0, 0.1) is 0 Å². The molecule has 3 heteroatoms. The van der Waals surface area contributed by atoms with Crippen LogP contribution in [0.15, 0.2) is 35.3 Å². The summed E-state index contributed by atoms with van der Waals surface area (Å²) in [5.41, 5.74) is 2.82. The Morgan fingerprint density at radius 2 is 2.00 bits per heavy atom. The summed E-state index contributed by atoms with van der Waals surface area (Å²) in [6, 6.07) is 9.95. The van der Waals surface area contributed by atoms with Crippen LogP contribution in [0.2, 0.25) is 0 Å². The molecule has 0 saturated heterocycles. The van der Waals surface area contributed by atoms with Crippen LogP contribution in [-0.4, -0.2) is 11.4 Å². The summed E-state index contributed by atoms with van der Waals surface area (Å²) in [7, 11) is 0. The lowest BCUT2D eigenvalue weighted by Gasteiger charge is -1.85. The Morgan fingerprint density at radius 3 is 2.64 bits per heavy atom. The molecule has 1 aliphatic rings. The monoisotopic (exact) mass is 162 g/mol. The van der Waals surface area contributed by atoms with Crippen molar-refractivity contribution in [2.75, 3.05) is 0 Å². The van der Waals surface area contributed by atoms with Crippen LogP contribution in [0.4, 0.5) is 0 Å². The Kier molecular flexibility index (Phi) is 1.73. The van der Waals surface area contributed by atoms with Gasteiger partial charge in [0.25, 0.3) is 0 Å². The lowest BCUT2D eigenvalue weighted by atomic mass is 10.2. The number of hydrogen-bond acceptors (Lipinski definition) is 3. The van der Waals surface area contributed by atoms with Crippen molar-refractivity contribution >= 4 is 23.3 Å². The Morgan fingerprint density at radius 1 is 1.18 bits per heavy atom. The standard InChI is InChI=1S/C8H6N2S/c1-2-4-7(5-3-1)8-9-6-11-10-8/h1-6H/q+1. The lowest BCUT2D eigenvalue weighted by molar-refractivity contribution is 1.53. The Bertz CT molecular complexity index is 303. The molecule has 1 heterocycles. The van der Waals surface area contributed by atoms with Gasteiger partial charge in [0, 0.05) is 4.40 Å². The van der Waals surface area contributed by atoms with E-state index in [-0.39, 0.29) is 0 Å². The van der Waals surface area contributed by atoms with E-state index in [0.29, 0.717) is 0 Å². The molecule has 0 fully saturated rings. The molecule has 53 valence electrons. The van der Waals surface area contributed by atoms with Crippen LogP contribution in [0.5, 0.6) is 0 Å². The fourth-order valence-electron chi connectivity index (χ4n) is 0.885. The van der Waals surface area contributed by atoms with Crippen molar-refractivity contribution in [3.63, 3.8) is 0 Å². The summed E-state index contributed by atoms with van der Waals surface area (Å²) in [6.07, 6.45) is 0. The molecule has 0 unspecified atom stereocenters. The van der Waals surface area contributed by atoms with Gasteiger partial charge in [0.1, 0.15) is 0 Å². The zero-order chi connectivity index (χ0) is 7.52. The topological polar surface area (TPSA) is 26.5 Å². The zero-order valence-corrected chi connectivity index (χ0v) is 6.58. The van der Waals surface area contributed by atoms with Crippen molar-refractivity contribution in [2.24, 2.45) is 4.99 Å². The highest BCUT2D eigenvalue weighted by Gasteiger charge is 2.17. The smallest absolute Gasteiger partial charge is 0.0622 e. The molecule has 0 aliphatic carbocycles. The van der Waals surface area contributed by atoms with Gasteiger partial charge in [0.05, 0.1) is 5.56 Å². The Hall–Kier alpha value is -1.09. The maximum atomic E-state index is 4.12. The van der Waals surface area contributed by atoms with Crippen LogP contribution in [0.1, 0.15) is 5.56 Å². The third-order valence-corrected chi connectivity index (χ3v) is 1.87. The van der Waals surface area contributed by atoms with Crippen molar-refractivity contribution in [1.29, 1.82) is 0 Å². The first-order valence-electron chi connectivity index (χ1n) is 3.28. The van der Waals surface area contributed by atoms with E-state index < -0.39 is 0 Å². The first-order valence-corrected chi connectivity index (χ1v) is 4.12. The van der Waals surface area contributed by atoms with E-state index in [0.717, 1.165) is 11.4 Å². The van der Waals surface area contributed by atoms with Gasteiger partial charge in [0.2, 0.25) is 5.55 Å². The van der Waals surface area contributed by atoms with Crippen LogP contribution in [0.3, 0.4) is 0 Å². The number of nitrogens with zero attached hydrogens (tertiary/aromatic N) is 2. The fourth-order valence-corrected chi connectivity index (χ4v) is 1.33. The molecular weight excluding hydrogens is 156 g/mol. The zero-order valence-electron chi connectivity index (χ0n) is 5.77. The maximum Gasteiger partial charge on any atom is 0.380 e. The van der Waals surface area contributed by atoms with Crippen molar-refractivity contribution in [1.82, 2.24) is 4.40 Å². The second kappa shape index (κ2) is 2.88. The molecular formula is C8H6N2S+. The minimum absolute atomic E-state index is 0.815. The number of rotatable bonds is 1. The molecule has 0 saturated carbocycles. The largest absolute Gasteiger partial charge is 0.380 e. The van der Waals surface area contributed by atoms with Crippen molar-refractivity contribution in [2.45, 2.75) is 0 Å². The van der Waals surface area contributed by atoms with E-state index in [9.17, 15) is 0 Å². The quantitative estimate of drug-likeness (QED) is 0.574. The molecule has 1 aliphatic heterocycles. The molecule has 0 spiro atoms. The Balaban J connectivity index is 2.37. The molecule has 1 radical (unpaired) electrons. The third kappa shape index (κ3) is 1.33. The summed E-state index contributed by atoms with van der Waals surface area (Å²) in [5.74, 6) is 0.815. The molecule has 2 rings (SSSR count). The molecule has 11 heavy (non-hydrogen) atoms. The predicted octanol–water partition coefficient (Wildman–Crippen LogP) is 1.46. The number of aliphatic imine (C=N–C) groups is 1. The number of amidine groups is 1. The van der Waals surface area contributed by atoms with Gasteiger partial charge in [-0.15, -0.1) is 0 Å². The average molecular weight is 162 g/mol. The van der Waals surface area contributed by atoms with E-state index in [4.69, 9.17) is 0 Å². The normalized spacial score (nSPS) is 15.1. The molecule has 0 atom stereocenters. The number of hydrogen-bond donors (Lipinski definition) is 0. The van der Waals surface area contributed by atoms with Gasteiger partial charge in [-0.3, -0.25) is 0 Å². The first-order chi connectivity index (χ1) is 5.47. The van der Waals surface area contributed by atoms with E-state index in [2.05, 4.69) is 9.39 Å². The molecule has 0 aromatic heterocycles. The van der Waals surface area contributed by atoms with Gasteiger partial charge in [-0.2, -0.15) is 0 Å². The summed E-state index contributed by atoms with van der Waals surface area (Å²) >= 11 is 1.37. The van der Waals surface area contributed by atoms with E-state index in [1.165, 1.54) is 11.9 Å². The summed E-state index contributed by atoms with van der Waals surface area (Å²) < 4.78 is 4.12. The van der Waals surface area contributed by atoms with Gasteiger partial charge < -0.3 is 0 Å². The van der Waals surface area contributed by atoms with Crippen LogP contribution >= 0.6 is 11.9 Å². The highest BCUT2D eigenvalue weighted by molar-refractivity contribution is 8.10. The van der Waals surface area contributed by atoms with E-state index in [1.807, 2.05) is 30.3 Å². The number of benzene rings is 1. The third-order valence-electron chi connectivity index (χ3n) is 1.39. The molecule has 0 bridgehead atoms. The highest BCUT2D eigenvalue weighted by atomic mass is 32.2. The van der Waals surface area contributed by atoms with Gasteiger partial charge in [-0.05, 0) is 17.1 Å². The van der Waals surface area contributed by atoms with E-state index in [1.54, 1.807) is 5.55 Å². The van der Waals surface area contributed by atoms with Crippen LogP contribution in [0.25, 0.3) is 0 Å². The molecule has 0 amide bonds. The van der Waals surface area contributed by atoms with Crippen molar-refractivity contribution < 1.29 is 0 Å². The maximum absolute atomic E-state index is 4.12. The first kappa shape index (κ1) is 6.61. The molecule has 1 aromatic rings. The minimum atomic E-state index is 0.815. The van der Waals surface area contributed by atoms with Crippen molar-refractivity contribution in [3.05, 3.63) is 35.9 Å². The summed E-state index contributed by atoms with van der Waals surface area (Å²) in [4.78, 5) is 4.09. The van der Waals surface area contributed by atoms with Gasteiger partial charge in [-0.1, -0.05) is 18.2 Å². The second-order valence-electron chi connectivity index (χ2n) is 2.12. The molecule has 2 nitrogen and oxygen atoms in total. The van der Waals surface area contributed by atoms with Gasteiger partial charge >= 0.3 is 5.84 Å². The summed E-state index contributed by atoms with van der Waals surface area (Å²) in [5, 5.41) is 0. The minimum Gasteiger partial charge on any atom is -0.0622 e. The van der Waals surface area contributed by atoms with Gasteiger partial charge in [0.15, 0.2) is 11.9 Å². The van der Waals surface area contributed by atoms with E-state index >= 15 is 0 Å².